The van der Waals surface area contributed by atoms with Gasteiger partial charge in [-0.1, -0.05) is 20.8 Å². The summed E-state index contributed by atoms with van der Waals surface area (Å²) in [6.07, 6.45) is 1.54. The lowest BCUT2D eigenvalue weighted by Crippen LogP contribution is -2.41. The maximum Gasteiger partial charge on any atom is 0.137 e. The van der Waals surface area contributed by atoms with E-state index in [9.17, 15) is 10.2 Å². The lowest BCUT2D eigenvalue weighted by atomic mass is 9.83. The summed E-state index contributed by atoms with van der Waals surface area (Å²) >= 11 is 0. The third kappa shape index (κ3) is 2.76. The Morgan fingerprint density at radius 1 is 1.27 bits per heavy atom. The highest BCUT2D eigenvalue weighted by atomic mass is 16.3. The van der Waals surface area contributed by atoms with Gasteiger partial charge in [-0.3, -0.25) is 0 Å². The molecule has 1 rings (SSSR count). The molecule has 3 unspecified atom stereocenters. The Morgan fingerprint density at radius 2 is 1.87 bits per heavy atom. The number of hydrogen-bond acceptors (Lipinski definition) is 4. The van der Waals surface area contributed by atoms with Gasteiger partial charge in [-0.2, -0.15) is 5.10 Å². The molecule has 1 heterocycles. The molecule has 0 aromatic carbocycles. The number of aliphatic hydroxyl groups is 2. The average molecular weight is 213 g/mol. The van der Waals surface area contributed by atoms with Gasteiger partial charge in [-0.25, -0.2) is 9.67 Å². The van der Waals surface area contributed by atoms with Gasteiger partial charge in [-0.15, -0.1) is 0 Å². The number of aliphatic hydroxyl groups excluding tert-OH is 2. The lowest BCUT2D eigenvalue weighted by Gasteiger charge is -2.34. The van der Waals surface area contributed by atoms with E-state index in [2.05, 4.69) is 10.1 Å². The van der Waals surface area contributed by atoms with Crippen molar-refractivity contribution in [2.45, 2.75) is 45.9 Å². The second-order valence-corrected chi connectivity index (χ2v) is 4.92. The molecule has 0 aliphatic carbocycles. The summed E-state index contributed by atoms with van der Waals surface area (Å²) in [6.45, 7) is 7.40. The zero-order valence-electron chi connectivity index (χ0n) is 9.62. The molecule has 0 aliphatic rings. The predicted molar refractivity (Wildman–Crippen MR) is 56.2 cm³/mol. The van der Waals surface area contributed by atoms with Crippen molar-refractivity contribution in [1.29, 1.82) is 0 Å². The van der Waals surface area contributed by atoms with E-state index in [4.69, 9.17) is 0 Å². The first-order valence-electron chi connectivity index (χ1n) is 5.04. The molecule has 0 spiro atoms. The van der Waals surface area contributed by atoms with Crippen molar-refractivity contribution in [3.63, 3.8) is 0 Å². The van der Waals surface area contributed by atoms with Gasteiger partial charge in [0.1, 0.15) is 18.7 Å². The summed E-state index contributed by atoms with van der Waals surface area (Å²) in [6, 6.07) is -0.465. The molecular weight excluding hydrogens is 194 g/mol. The fourth-order valence-electron chi connectivity index (χ4n) is 1.51. The standard InChI is InChI=1S/C10H19N3O2/c1-7(14)8(9(15)10(2,3)4)13-6-11-5-12-13/h5-9,14-15H,1-4H3. The van der Waals surface area contributed by atoms with Gasteiger partial charge in [0.05, 0.1) is 12.2 Å². The van der Waals surface area contributed by atoms with E-state index in [0.717, 1.165) is 0 Å². The highest BCUT2D eigenvalue weighted by Crippen LogP contribution is 2.29. The van der Waals surface area contributed by atoms with Gasteiger partial charge in [0.2, 0.25) is 0 Å². The van der Waals surface area contributed by atoms with Crippen LogP contribution in [0.3, 0.4) is 0 Å². The molecule has 86 valence electrons. The first-order valence-corrected chi connectivity index (χ1v) is 5.04. The molecule has 2 N–H and O–H groups in total. The minimum absolute atomic E-state index is 0.312. The third-order valence-electron chi connectivity index (χ3n) is 2.45. The Balaban J connectivity index is 2.94. The van der Waals surface area contributed by atoms with Gasteiger partial charge >= 0.3 is 0 Å². The highest BCUT2D eigenvalue weighted by molar-refractivity contribution is 4.86. The van der Waals surface area contributed by atoms with Crippen LogP contribution in [0.15, 0.2) is 12.7 Å². The van der Waals surface area contributed by atoms with Crippen LogP contribution in [0.4, 0.5) is 0 Å². The van der Waals surface area contributed by atoms with E-state index in [1.165, 1.54) is 17.3 Å². The largest absolute Gasteiger partial charge is 0.391 e. The van der Waals surface area contributed by atoms with E-state index in [-0.39, 0.29) is 5.41 Å². The highest BCUT2D eigenvalue weighted by Gasteiger charge is 2.35. The van der Waals surface area contributed by atoms with Crippen LogP contribution >= 0.6 is 0 Å². The molecule has 0 aliphatic heterocycles. The van der Waals surface area contributed by atoms with Crippen molar-refractivity contribution in [3.05, 3.63) is 12.7 Å². The Kier molecular flexibility index (Phi) is 3.46. The maximum absolute atomic E-state index is 10.1. The summed E-state index contributed by atoms with van der Waals surface area (Å²) in [5, 5.41) is 23.8. The smallest absolute Gasteiger partial charge is 0.137 e. The number of hydrogen-bond donors (Lipinski definition) is 2. The quantitative estimate of drug-likeness (QED) is 0.771. The van der Waals surface area contributed by atoms with Crippen molar-refractivity contribution in [3.8, 4) is 0 Å². The summed E-state index contributed by atoms with van der Waals surface area (Å²) in [5.41, 5.74) is -0.312. The maximum atomic E-state index is 10.1. The molecule has 1 aromatic heterocycles. The van der Waals surface area contributed by atoms with Crippen molar-refractivity contribution in [2.75, 3.05) is 0 Å². The van der Waals surface area contributed by atoms with Crippen LogP contribution in [0.25, 0.3) is 0 Å². The summed E-state index contributed by atoms with van der Waals surface area (Å²) in [5.74, 6) is 0. The van der Waals surface area contributed by atoms with Gasteiger partial charge in [0.15, 0.2) is 0 Å². The van der Waals surface area contributed by atoms with Crippen LogP contribution in [0.1, 0.15) is 33.7 Å². The van der Waals surface area contributed by atoms with E-state index in [1.807, 2.05) is 20.8 Å². The zero-order chi connectivity index (χ0) is 11.6. The molecule has 0 saturated carbocycles. The molecule has 0 fully saturated rings. The van der Waals surface area contributed by atoms with Crippen LogP contribution < -0.4 is 0 Å². The Labute approximate surface area is 89.8 Å². The number of rotatable bonds is 3. The summed E-state index contributed by atoms with van der Waals surface area (Å²) < 4.78 is 1.50. The summed E-state index contributed by atoms with van der Waals surface area (Å²) in [7, 11) is 0. The second-order valence-electron chi connectivity index (χ2n) is 4.92. The van der Waals surface area contributed by atoms with Gasteiger partial charge < -0.3 is 10.2 Å². The van der Waals surface area contributed by atoms with Crippen molar-refractivity contribution < 1.29 is 10.2 Å². The Hall–Kier alpha value is -0.940. The fourth-order valence-corrected chi connectivity index (χ4v) is 1.51. The summed E-state index contributed by atoms with van der Waals surface area (Å²) in [4.78, 5) is 3.82. The topological polar surface area (TPSA) is 71.2 Å². The van der Waals surface area contributed by atoms with Crippen LogP contribution in [0.2, 0.25) is 0 Å². The molecule has 0 amide bonds. The molecule has 15 heavy (non-hydrogen) atoms. The average Bonchev–Trinajstić information content (AvgIpc) is 2.54. The molecule has 0 radical (unpaired) electrons. The second kappa shape index (κ2) is 4.28. The first-order chi connectivity index (χ1) is 6.84. The van der Waals surface area contributed by atoms with E-state index < -0.39 is 18.2 Å². The van der Waals surface area contributed by atoms with Crippen molar-refractivity contribution >= 4 is 0 Å². The minimum atomic E-state index is -0.681. The van der Waals surface area contributed by atoms with Crippen LogP contribution in [0, 0.1) is 5.41 Å². The van der Waals surface area contributed by atoms with Crippen LogP contribution in [-0.2, 0) is 0 Å². The molecule has 1 aromatic rings. The Morgan fingerprint density at radius 3 is 2.20 bits per heavy atom. The number of nitrogens with zero attached hydrogens (tertiary/aromatic N) is 3. The third-order valence-corrected chi connectivity index (χ3v) is 2.45. The van der Waals surface area contributed by atoms with Crippen LogP contribution in [-0.4, -0.2) is 37.2 Å². The molecule has 5 nitrogen and oxygen atoms in total. The van der Waals surface area contributed by atoms with Gasteiger partial charge in [-0.05, 0) is 12.3 Å². The van der Waals surface area contributed by atoms with Crippen LogP contribution in [0.5, 0.6) is 0 Å². The van der Waals surface area contributed by atoms with E-state index in [1.54, 1.807) is 6.92 Å². The SMILES string of the molecule is CC(O)C(C(O)C(C)(C)C)n1cncn1. The van der Waals surface area contributed by atoms with E-state index in [0.29, 0.717) is 0 Å². The van der Waals surface area contributed by atoms with Gasteiger partial charge in [0.25, 0.3) is 0 Å². The molecular formula is C10H19N3O2. The first kappa shape index (κ1) is 12.1. The molecule has 3 atom stereocenters. The number of aromatic nitrogens is 3. The molecule has 5 heteroatoms. The predicted octanol–water partition coefficient (Wildman–Crippen LogP) is 0.607. The monoisotopic (exact) mass is 213 g/mol. The zero-order valence-corrected chi connectivity index (χ0v) is 9.62. The normalized spacial score (nSPS) is 18.5. The molecule has 0 saturated heterocycles. The van der Waals surface area contributed by atoms with Crippen molar-refractivity contribution in [2.24, 2.45) is 5.41 Å². The van der Waals surface area contributed by atoms with E-state index >= 15 is 0 Å². The Bertz CT molecular complexity index is 290. The van der Waals surface area contributed by atoms with Crippen molar-refractivity contribution in [1.82, 2.24) is 14.8 Å². The lowest BCUT2D eigenvalue weighted by molar-refractivity contribution is -0.0352. The van der Waals surface area contributed by atoms with Gasteiger partial charge in [0, 0.05) is 0 Å². The molecule has 0 bridgehead atoms. The minimum Gasteiger partial charge on any atom is -0.391 e. The fraction of sp³-hybridized carbons (Fsp3) is 0.800.